The number of amides is 1. The molecule has 1 aromatic heterocycles. The van der Waals surface area contributed by atoms with E-state index in [0.29, 0.717) is 16.8 Å². The van der Waals surface area contributed by atoms with E-state index in [0.717, 1.165) is 9.69 Å². The maximum atomic E-state index is 12.4. The first-order chi connectivity index (χ1) is 14.7. The van der Waals surface area contributed by atoms with Crippen molar-refractivity contribution in [3.8, 4) is 5.75 Å². The molecule has 0 saturated carbocycles. The van der Waals surface area contributed by atoms with Crippen molar-refractivity contribution >= 4 is 32.8 Å². The van der Waals surface area contributed by atoms with Crippen molar-refractivity contribution in [2.45, 2.75) is 11.4 Å². The van der Waals surface area contributed by atoms with E-state index in [-0.39, 0.29) is 17.1 Å². The molecular weight excluding hydrogens is 422 g/mol. The molecule has 2 aromatic carbocycles. The van der Waals surface area contributed by atoms with E-state index in [1.54, 1.807) is 49.6 Å². The molecule has 0 bridgehead atoms. The highest BCUT2D eigenvalue weighted by atomic mass is 32.2. The predicted molar refractivity (Wildman–Crippen MR) is 114 cm³/mol. The lowest BCUT2D eigenvalue weighted by atomic mass is 10.2. The molecule has 0 fully saturated rings. The summed E-state index contributed by atoms with van der Waals surface area (Å²) in [6, 6.07) is 13.3. The molecule has 0 aliphatic carbocycles. The number of carbonyl (C=O) groups is 2. The quantitative estimate of drug-likeness (QED) is 0.512. The van der Waals surface area contributed by atoms with Gasteiger partial charge in [-0.15, -0.1) is 0 Å². The van der Waals surface area contributed by atoms with Gasteiger partial charge in [0.15, 0.2) is 6.61 Å². The fraction of sp³-hybridized carbons (Fsp3) is 0.238. The molecule has 3 rings (SSSR count). The van der Waals surface area contributed by atoms with Crippen LogP contribution in [0.25, 0.3) is 10.9 Å². The van der Waals surface area contributed by atoms with Gasteiger partial charge >= 0.3 is 5.97 Å². The lowest BCUT2D eigenvalue weighted by Crippen LogP contribution is -2.30. The Morgan fingerprint density at radius 2 is 1.84 bits per heavy atom. The highest BCUT2D eigenvalue weighted by molar-refractivity contribution is 7.89. The number of nitrogens with zero attached hydrogens (tertiary/aromatic N) is 1. The Kier molecular flexibility index (Phi) is 6.62. The summed E-state index contributed by atoms with van der Waals surface area (Å²) < 4.78 is 36.1. The molecule has 0 spiro atoms. The number of sulfonamides is 1. The lowest BCUT2D eigenvalue weighted by molar-refractivity contribution is -0.124. The number of hydrogen-bond donors (Lipinski definition) is 2. The Hall–Kier alpha value is -3.37. The second-order valence-electron chi connectivity index (χ2n) is 6.88. The van der Waals surface area contributed by atoms with Gasteiger partial charge in [-0.1, -0.05) is 18.2 Å². The van der Waals surface area contributed by atoms with Gasteiger partial charge < -0.3 is 19.8 Å². The van der Waals surface area contributed by atoms with Crippen molar-refractivity contribution < 1.29 is 27.5 Å². The number of nitrogens with one attached hydrogen (secondary N) is 2. The summed E-state index contributed by atoms with van der Waals surface area (Å²) in [7, 11) is 0.766. The van der Waals surface area contributed by atoms with Gasteiger partial charge in [-0.05, 0) is 29.8 Å². The predicted octanol–water partition coefficient (Wildman–Crippen LogP) is 1.90. The number of aromatic nitrogens is 1. The summed E-state index contributed by atoms with van der Waals surface area (Å²) in [5.74, 6) is -0.589. The van der Waals surface area contributed by atoms with Gasteiger partial charge in [-0.3, -0.25) is 4.79 Å². The molecule has 31 heavy (non-hydrogen) atoms. The number of carbonyl (C=O) groups excluding carboxylic acids is 2. The monoisotopic (exact) mass is 445 g/mol. The average Bonchev–Trinajstić information content (AvgIpc) is 3.19. The minimum absolute atomic E-state index is 0.0220. The first-order valence-corrected chi connectivity index (χ1v) is 10.8. The van der Waals surface area contributed by atoms with E-state index < -0.39 is 28.5 Å². The fourth-order valence-corrected chi connectivity index (χ4v) is 4.01. The van der Waals surface area contributed by atoms with Crippen LogP contribution in [-0.4, -0.2) is 57.4 Å². The number of fused-ring (bicyclic) bond motifs is 1. The number of methoxy groups -OCH3 is 1. The zero-order chi connectivity index (χ0) is 22.6. The number of hydrogen-bond acceptors (Lipinski definition) is 6. The Morgan fingerprint density at radius 3 is 2.55 bits per heavy atom. The van der Waals surface area contributed by atoms with E-state index in [9.17, 15) is 18.0 Å². The maximum absolute atomic E-state index is 12.4. The third kappa shape index (κ3) is 5.04. The molecule has 164 valence electrons. The molecule has 0 saturated heterocycles. The number of aromatic amines is 1. The third-order valence-corrected chi connectivity index (χ3v) is 6.51. The Morgan fingerprint density at radius 1 is 1.10 bits per heavy atom. The van der Waals surface area contributed by atoms with Crippen molar-refractivity contribution in [3.63, 3.8) is 0 Å². The zero-order valence-corrected chi connectivity index (χ0v) is 18.2. The minimum atomic E-state index is -3.65. The van der Waals surface area contributed by atoms with Gasteiger partial charge in [0.2, 0.25) is 10.0 Å². The Balaban J connectivity index is 1.60. The van der Waals surface area contributed by atoms with Crippen molar-refractivity contribution in [1.82, 2.24) is 14.6 Å². The SMILES string of the molecule is COc1ccc2cc(C(=O)OCC(=O)NCc3ccccc3S(=O)(=O)N(C)C)[nH]c2c1. The smallest absolute Gasteiger partial charge is 0.355 e. The standard InChI is InChI=1S/C21H23N3O6S/c1-24(2)31(27,28)19-7-5-4-6-15(19)12-22-20(25)13-30-21(26)18-10-14-8-9-16(29-3)11-17(14)23-18/h4-11,23H,12-13H2,1-3H3,(H,22,25). The van der Waals surface area contributed by atoms with Crippen LogP contribution < -0.4 is 10.1 Å². The van der Waals surface area contributed by atoms with Gasteiger partial charge in [0.05, 0.1) is 12.0 Å². The van der Waals surface area contributed by atoms with Crippen LogP contribution in [0, 0.1) is 0 Å². The van der Waals surface area contributed by atoms with Gasteiger partial charge in [0.25, 0.3) is 5.91 Å². The zero-order valence-electron chi connectivity index (χ0n) is 17.3. The average molecular weight is 445 g/mol. The Bertz CT molecular complexity index is 1220. The molecule has 3 aromatic rings. The number of ether oxygens (including phenoxy) is 2. The summed E-state index contributed by atoms with van der Waals surface area (Å²) >= 11 is 0. The summed E-state index contributed by atoms with van der Waals surface area (Å²) in [6.45, 7) is -0.522. The number of rotatable bonds is 8. The third-order valence-electron chi connectivity index (χ3n) is 4.59. The summed E-state index contributed by atoms with van der Waals surface area (Å²) in [4.78, 5) is 27.4. The summed E-state index contributed by atoms with van der Waals surface area (Å²) in [5.41, 5.74) is 1.34. The maximum Gasteiger partial charge on any atom is 0.355 e. The van der Waals surface area contributed by atoms with E-state index >= 15 is 0 Å². The van der Waals surface area contributed by atoms with Gasteiger partial charge in [-0.25, -0.2) is 17.5 Å². The van der Waals surface area contributed by atoms with E-state index in [1.807, 2.05) is 0 Å². The van der Waals surface area contributed by atoms with Crippen LogP contribution in [0.5, 0.6) is 5.75 Å². The number of esters is 1. The van der Waals surface area contributed by atoms with Crippen LogP contribution in [0.2, 0.25) is 0 Å². The van der Waals surface area contributed by atoms with Crippen molar-refractivity contribution in [1.29, 1.82) is 0 Å². The molecule has 0 atom stereocenters. The molecule has 0 aliphatic heterocycles. The van der Waals surface area contributed by atoms with Gasteiger partial charge in [0, 0.05) is 37.6 Å². The number of benzene rings is 2. The first-order valence-electron chi connectivity index (χ1n) is 9.33. The minimum Gasteiger partial charge on any atom is -0.497 e. The van der Waals surface area contributed by atoms with Crippen LogP contribution in [0.15, 0.2) is 53.4 Å². The second kappa shape index (κ2) is 9.19. The van der Waals surface area contributed by atoms with Crippen LogP contribution in [0.4, 0.5) is 0 Å². The highest BCUT2D eigenvalue weighted by Gasteiger charge is 2.21. The lowest BCUT2D eigenvalue weighted by Gasteiger charge is -2.15. The summed E-state index contributed by atoms with van der Waals surface area (Å²) in [6.07, 6.45) is 0. The second-order valence-corrected chi connectivity index (χ2v) is 9.00. The normalized spacial score (nSPS) is 11.5. The molecule has 1 amide bonds. The van der Waals surface area contributed by atoms with Crippen LogP contribution in [-0.2, 0) is 26.1 Å². The van der Waals surface area contributed by atoms with E-state index in [4.69, 9.17) is 9.47 Å². The molecule has 1 heterocycles. The molecule has 0 unspecified atom stereocenters. The summed E-state index contributed by atoms with van der Waals surface area (Å²) in [5, 5.41) is 3.37. The Labute approximate surface area is 180 Å². The van der Waals surface area contributed by atoms with E-state index in [2.05, 4.69) is 10.3 Å². The topological polar surface area (TPSA) is 118 Å². The molecule has 0 radical (unpaired) electrons. The largest absolute Gasteiger partial charge is 0.497 e. The van der Waals surface area contributed by atoms with Crippen molar-refractivity contribution in [2.24, 2.45) is 0 Å². The van der Waals surface area contributed by atoms with Crippen LogP contribution in [0.1, 0.15) is 16.1 Å². The van der Waals surface area contributed by atoms with Crippen molar-refractivity contribution in [2.75, 3.05) is 27.8 Å². The molecule has 9 nitrogen and oxygen atoms in total. The first kappa shape index (κ1) is 22.3. The van der Waals surface area contributed by atoms with Gasteiger partial charge in [-0.2, -0.15) is 0 Å². The van der Waals surface area contributed by atoms with Crippen molar-refractivity contribution in [3.05, 3.63) is 59.8 Å². The molecule has 10 heteroatoms. The van der Waals surface area contributed by atoms with Crippen LogP contribution in [0.3, 0.4) is 0 Å². The van der Waals surface area contributed by atoms with E-state index in [1.165, 1.54) is 20.2 Å². The van der Waals surface area contributed by atoms with Crippen LogP contribution >= 0.6 is 0 Å². The number of H-pyrrole nitrogens is 1. The highest BCUT2D eigenvalue weighted by Crippen LogP contribution is 2.21. The fourth-order valence-electron chi connectivity index (χ4n) is 2.90. The van der Waals surface area contributed by atoms with Gasteiger partial charge in [0.1, 0.15) is 11.4 Å². The molecule has 0 aliphatic rings. The molecule has 2 N–H and O–H groups in total. The molecular formula is C21H23N3O6S.